The van der Waals surface area contributed by atoms with Gasteiger partial charge in [-0.15, -0.1) is 4.67 Å². The molecular weight excluding hydrogens is 221 g/mol. The van der Waals surface area contributed by atoms with Crippen LogP contribution in [0.2, 0.25) is 0 Å². The van der Waals surface area contributed by atoms with Gasteiger partial charge in [0.2, 0.25) is 0 Å². The van der Waals surface area contributed by atoms with E-state index in [0.29, 0.717) is 0 Å². The standard InChI is InChI=1S/C12H17NO2P/c1-10-3-4-12(9-11(10)2)16-13(5-7-14-16)6-8-15-16/h3-4,9H,5-8H2,1-2H3/q+1. The van der Waals surface area contributed by atoms with E-state index in [-0.39, 0.29) is 0 Å². The summed E-state index contributed by atoms with van der Waals surface area (Å²) in [6.45, 7) is 7.93. The number of aryl methyl sites for hydroxylation is 2. The van der Waals surface area contributed by atoms with Gasteiger partial charge in [-0.25, -0.2) is 0 Å². The van der Waals surface area contributed by atoms with E-state index in [0.717, 1.165) is 26.3 Å². The second-order valence-electron chi connectivity index (χ2n) is 4.41. The van der Waals surface area contributed by atoms with E-state index in [1.54, 1.807) is 0 Å². The van der Waals surface area contributed by atoms with E-state index in [1.807, 2.05) is 0 Å². The fourth-order valence-corrected chi connectivity index (χ4v) is 5.32. The highest BCUT2D eigenvalue weighted by Gasteiger charge is 2.60. The fourth-order valence-electron chi connectivity index (χ4n) is 2.33. The molecule has 0 saturated carbocycles. The van der Waals surface area contributed by atoms with E-state index in [9.17, 15) is 0 Å². The minimum Gasteiger partial charge on any atom is -0.181 e. The van der Waals surface area contributed by atoms with Crippen LogP contribution < -0.4 is 5.30 Å². The molecule has 2 fully saturated rings. The van der Waals surface area contributed by atoms with Gasteiger partial charge in [0.15, 0.2) is 5.30 Å². The first kappa shape index (κ1) is 10.7. The predicted octanol–water partition coefficient (Wildman–Crippen LogP) is 2.05. The van der Waals surface area contributed by atoms with Crippen LogP contribution >= 0.6 is 7.87 Å². The molecule has 2 heterocycles. The number of fused-ring (bicyclic) bond motifs is 1. The first-order valence-corrected chi connectivity index (χ1v) is 7.31. The molecule has 0 spiro atoms. The Labute approximate surface area is 96.9 Å². The average molecular weight is 238 g/mol. The molecule has 1 aromatic carbocycles. The van der Waals surface area contributed by atoms with E-state index < -0.39 is 7.87 Å². The van der Waals surface area contributed by atoms with Gasteiger partial charge in [0.05, 0.1) is 13.1 Å². The van der Waals surface area contributed by atoms with Crippen LogP contribution in [0.4, 0.5) is 0 Å². The summed E-state index contributed by atoms with van der Waals surface area (Å²) in [6.07, 6.45) is 0. The first-order valence-electron chi connectivity index (χ1n) is 5.74. The maximum Gasteiger partial charge on any atom is 0.384 e. The Morgan fingerprint density at radius 2 is 1.75 bits per heavy atom. The molecule has 0 radical (unpaired) electrons. The molecule has 0 N–H and O–H groups in total. The van der Waals surface area contributed by atoms with E-state index in [2.05, 4.69) is 36.7 Å². The summed E-state index contributed by atoms with van der Waals surface area (Å²) < 4.78 is 14.3. The Morgan fingerprint density at radius 3 is 2.38 bits per heavy atom. The Kier molecular flexibility index (Phi) is 2.52. The molecule has 0 aliphatic carbocycles. The highest BCUT2D eigenvalue weighted by molar-refractivity contribution is 7.72. The summed E-state index contributed by atoms with van der Waals surface area (Å²) in [4.78, 5) is 0. The Hall–Kier alpha value is -0.470. The van der Waals surface area contributed by atoms with Crippen molar-refractivity contribution in [1.82, 2.24) is 4.67 Å². The molecule has 0 unspecified atom stereocenters. The summed E-state index contributed by atoms with van der Waals surface area (Å²) in [5, 5.41) is 1.24. The molecule has 86 valence electrons. The lowest BCUT2D eigenvalue weighted by atomic mass is 10.1. The van der Waals surface area contributed by atoms with Crippen LogP contribution in [0, 0.1) is 13.8 Å². The highest BCUT2D eigenvalue weighted by atomic mass is 31.2. The zero-order chi connectivity index (χ0) is 11.2. The van der Waals surface area contributed by atoms with E-state index >= 15 is 0 Å². The zero-order valence-corrected chi connectivity index (χ0v) is 10.7. The van der Waals surface area contributed by atoms with Crippen LogP contribution in [0.25, 0.3) is 0 Å². The lowest BCUT2D eigenvalue weighted by Crippen LogP contribution is -2.22. The van der Waals surface area contributed by atoms with Gasteiger partial charge in [-0.2, -0.15) is 9.05 Å². The van der Waals surface area contributed by atoms with Crippen molar-refractivity contribution in [3.05, 3.63) is 29.3 Å². The van der Waals surface area contributed by atoms with Gasteiger partial charge < -0.3 is 0 Å². The lowest BCUT2D eigenvalue weighted by Gasteiger charge is -2.18. The van der Waals surface area contributed by atoms with Gasteiger partial charge in [0, 0.05) is 0 Å². The molecule has 2 aliphatic heterocycles. The quantitative estimate of drug-likeness (QED) is 0.699. The molecule has 3 nitrogen and oxygen atoms in total. The normalized spacial score (nSPS) is 23.6. The van der Waals surface area contributed by atoms with Gasteiger partial charge in [-0.3, -0.25) is 0 Å². The van der Waals surface area contributed by atoms with Crippen molar-refractivity contribution in [1.29, 1.82) is 0 Å². The molecule has 4 heteroatoms. The third-order valence-electron chi connectivity index (χ3n) is 3.42. The molecule has 0 amide bonds. The Bertz CT molecular complexity index is 411. The third kappa shape index (κ3) is 1.43. The summed E-state index contributed by atoms with van der Waals surface area (Å²) >= 11 is 0. The summed E-state index contributed by atoms with van der Waals surface area (Å²) in [5.41, 5.74) is 2.64. The molecule has 16 heavy (non-hydrogen) atoms. The number of benzene rings is 1. The van der Waals surface area contributed by atoms with Crippen molar-refractivity contribution in [2.75, 3.05) is 26.3 Å². The molecule has 3 rings (SSSR count). The van der Waals surface area contributed by atoms with Crippen LogP contribution in [-0.2, 0) is 9.05 Å². The maximum atomic E-state index is 5.96. The van der Waals surface area contributed by atoms with Gasteiger partial charge in [0.1, 0.15) is 13.2 Å². The number of nitrogens with zero attached hydrogens (tertiary/aromatic N) is 1. The minimum atomic E-state index is -1.87. The van der Waals surface area contributed by atoms with Crippen molar-refractivity contribution in [2.24, 2.45) is 0 Å². The summed E-state index contributed by atoms with van der Waals surface area (Å²) in [6, 6.07) is 6.56. The molecule has 2 saturated heterocycles. The van der Waals surface area contributed by atoms with Gasteiger partial charge in [-0.1, -0.05) is 6.07 Å². The smallest absolute Gasteiger partial charge is 0.181 e. The molecule has 0 bridgehead atoms. The summed E-state index contributed by atoms with van der Waals surface area (Å²) in [5.74, 6) is 0. The second kappa shape index (κ2) is 3.78. The summed E-state index contributed by atoms with van der Waals surface area (Å²) in [7, 11) is -1.87. The second-order valence-corrected chi connectivity index (χ2v) is 7.05. The molecule has 0 aromatic heterocycles. The van der Waals surface area contributed by atoms with E-state index in [4.69, 9.17) is 9.05 Å². The molecular formula is C12H17NO2P+. The van der Waals surface area contributed by atoms with Gasteiger partial charge in [-0.05, 0) is 37.1 Å². The Morgan fingerprint density at radius 1 is 1.06 bits per heavy atom. The Balaban J connectivity index is 2.04. The third-order valence-corrected chi connectivity index (χ3v) is 6.56. The molecule has 2 aliphatic rings. The van der Waals surface area contributed by atoms with Crippen LogP contribution in [0.5, 0.6) is 0 Å². The minimum absolute atomic E-state index is 0.806. The average Bonchev–Trinajstić information content (AvgIpc) is 2.81. The van der Waals surface area contributed by atoms with Crippen LogP contribution in [0.1, 0.15) is 11.1 Å². The number of hydrogen-bond acceptors (Lipinski definition) is 3. The largest absolute Gasteiger partial charge is 0.384 e. The maximum absolute atomic E-state index is 5.96. The predicted molar refractivity (Wildman–Crippen MR) is 65.9 cm³/mol. The fraction of sp³-hybridized carbons (Fsp3) is 0.500. The monoisotopic (exact) mass is 238 g/mol. The van der Waals surface area contributed by atoms with Crippen molar-refractivity contribution >= 4 is 13.2 Å². The topological polar surface area (TPSA) is 21.7 Å². The van der Waals surface area contributed by atoms with Crippen molar-refractivity contribution in [3.8, 4) is 0 Å². The lowest BCUT2D eigenvalue weighted by molar-refractivity contribution is 0.280. The molecule has 0 atom stereocenters. The zero-order valence-electron chi connectivity index (χ0n) is 9.77. The van der Waals surface area contributed by atoms with Crippen molar-refractivity contribution in [2.45, 2.75) is 13.8 Å². The van der Waals surface area contributed by atoms with E-state index in [1.165, 1.54) is 16.4 Å². The van der Waals surface area contributed by atoms with Crippen molar-refractivity contribution < 1.29 is 9.05 Å². The van der Waals surface area contributed by atoms with Gasteiger partial charge in [0.25, 0.3) is 0 Å². The van der Waals surface area contributed by atoms with Crippen LogP contribution in [-0.4, -0.2) is 31.0 Å². The highest BCUT2D eigenvalue weighted by Crippen LogP contribution is 2.68. The van der Waals surface area contributed by atoms with Gasteiger partial charge >= 0.3 is 7.87 Å². The van der Waals surface area contributed by atoms with Crippen LogP contribution in [0.15, 0.2) is 18.2 Å². The SMILES string of the molecule is Cc1ccc([P+]23OCCN2CCO3)cc1C. The number of hydrogen-bond donors (Lipinski definition) is 0. The van der Waals surface area contributed by atoms with Crippen LogP contribution in [0.3, 0.4) is 0 Å². The van der Waals surface area contributed by atoms with Crippen molar-refractivity contribution in [3.63, 3.8) is 0 Å². The molecule has 1 aromatic rings. The first-order chi connectivity index (χ1) is 7.72. The number of rotatable bonds is 1.